The Hall–Kier alpha value is -4.72. The van der Waals surface area contributed by atoms with Crippen molar-refractivity contribution in [1.29, 1.82) is 5.26 Å². The van der Waals surface area contributed by atoms with Crippen molar-refractivity contribution < 1.29 is 14.3 Å². The van der Waals surface area contributed by atoms with Crippen LogP contribution in [0.4, 0.5) is 0 Å². The summed E-state index contributed by atoms with van der Waals surface area (Å²) in [7, 11) is 1.58. The lowest BCUT2D eigenvalue weighted by Crippen LogP contribution is -2.39. The number of methoxy groups -OCH3 is 1. The number of fused-ring (bicyclic) bond motifs is 2. The van der Waals surface area contributed by atoms with Gasteiger partial charge in [-0.25, -0.2) is 9.79 Å². The molecule has 0 unspecified atom stereocenters. The molecular weight excluding hydrogens is 640 g/mol. The number of rotatable bonds is 7. The van der Waals surface area contributed by atoms with Crippen LogP contribution in [0.5, 0.6) is 5.75 Å². The van der Waals surface area contributed by atoms with Gasteiger partial charge in [-0.2, -0.15) is 5.26 Å². The van der Waals surface area contributed by atoms with E-state index in [9.17, 15) is 14.9 Å². The van der Waals surface area contributed by atoms with Crippen LogP contribution in [0.15, 0.2) is 98.5 Å². The zero-order valence-corrected chi connectivity index (χ0v) is 26.6. The number of hydrogen-bond donors (Lipinski definition) is 0. The lowest BCUT2D eigenvalue weighted by Gasteiger charge is -2.25. The number of allylic oxidation sites excluding steroid dienone is 1. The number of halogens is 1. The smallest absolute Gasteiger partial charge is 0.338 e. The van der Waals surface area contributed by atoms with Gasteiger partial charge in [0.15, 0.2) is 4.80 Å². The maximum atomic E-state index is 14.2. The Bertz CT molecular complexity index is 2200. The Labute approximate surface area is 265 Å². The first-order chi connectivity index (χ1) is 21.3. The highest BCUT2D eigenvalue weighted by Crippen LogP contribution is 2.35. The molecule has 3 aromatic carbocycles. The third kappa shape index (κ3) is 5.19. The summed E-state index contributed by atoms with van der Waals surface area (Å²) >= 11 is 4.83. The molecule has 0 spiro atoms. The molecule has 0 amide bonds. The maximum absolute atomic E-state index is 14.2. The lowest BCUT2D eigenvalue weighted by molar-refractivity contribution is -0.139. The zero-order chi connectivity index (χ0) is 31.0. The van der Waals surface area contributed by atoms with E-state index in [2.05, 4.69) is 26.6 Å². The summed E-state index contributed by atoms with van der Waals surface area (Å²) in [5.41, 5.74) is 4.66. The monoisotopic (exact) mass is 666 g/mol. The summed E-state index contributed by atoms with van der Waals surface area (Å²) in [6, 6.07) is 22.6. The van der Waals surface area contributed by atoms with Gasteiger partial charge in [-0.05, 0) is 71.2 Å². The molecule has 0 saturated heterocycles. The number of hydrogen-bond acceptors (Lipinski definition) is 7. The van der Waals surface area contributed by atoms with Gasteiger partial charge in [-0.3, -0.25) is 9.36 Å². The molecule has 1 aliphatic heterocycles. The van der Waals surface area contributed by atoms with E-state index in [0.29, 0.717) is 42.9 Å². The first kappa shape index (κ1) is 29.4. The van der Waals surface area contributed by atoms with Crippen molar-refractivity contribution in [2.75, 3.05) is 13.7 Å². The fourth-order valence-electron chi connectivity index (χ4n) is 5.57. The minimum atomic E-state index is -0.738. The molecule has 3 heterocycles. The van der Waals surface area contributed by atoms with Crippen LogP contribution in [0, 0.1) is 11.3 Å². The van der Waals surface area contributed by atoms with Crippen molar-refractivity contribution in [1.82, 2.24) is 9.13 Å². The average molecular weight is 668 g/mol. The van der Waals surface area contributed by atoms with E-state index in [0.717, 1.165) is 27.6 Å². The number of thiazole rings is 1. The summed E-state index contributed by atoms with van der Waals surface area (Å²) in [5.74, 6) is 0.119. The molecule has 10 heteroatoms. The van der Waals surface area contributed by atoms with Gasteiger partial charge in [0.1, 0.15) is 5.75 Å². The molecular formula is C34H27BrN4O4S. The third-order valence-electron chi connectivity index (χ3n) is 7.59. The third-order valence-corrected chi connectivity index (χ3v) is 9.20. The van der Waals surface area contributed by atoms with Crippen molar-refractivity contribution in [2.24, 2.45) is 4.99 Å². The summed E-state index contributed by atoms with van der Waals surface area (Å²) in [4.78, 5) is 32.6. The van der Waals surface area contributed by atoms with Gasteiger partial charge in [0.25, 0.3) is 5.56 Å². The fraction of sp³-hybridized carbons (Fsp3) is 0.176. The number of carbonyl (C=O) groups is 1. The molecule has 0 N–H and O–H groups in total. The quantitative estimate of drug-likeness (QED) is 0.215. The molecule has 220 valence electrons. The van der Waals surface area contributed by atoms with Gasteiger partial charge in [-0.15, -0.1) is 0 Å². The van der Waals surface area contributed by atoms with Gasteiger partial charge >= 0.3 is 5.97 Å². The Morgan fingerprint density at radius 3 is 2.68 bits per heavy atom. The van der Waals surface area contributed by atoms with Crippen LogP contribution in [0.3, 0.4) is 0 Å². The van der Waals surface area contributed by atoms with Crippen LogP contribution < -0.4 is 19.6 Å². The second kappa shape index (κ2) is 12.1. The van der Waals surface area contributed by atoms with Crippen molar-refractivity contribution in [2.45, 2.75) is 26.4 Å². The van der Waals surface area contributed by atoms with E-state index in [1.54, 1.807) is 31.6 Å². The molecule has 0 bridgehead atoms. The van der Waals surface area contributed by atoms with Gasteiger partial charge in [-0.1, -0.05) is 53.8 Å². The highest BCUT2D eigenvalue weighted by Gasteiger charge is 2.33. The summed E-state index contributed by atoms with van der Waals surface area (Å²) in [5, 5.41) is 10.6. The second-order valence-electron chi connectivity index (χ2n) is 10.2. The Morgan fingerprint density at radius 1 is 1.16 bits per heavy atom. The number of ether oxygens (including phenoxy) is 2. The van der Waals surface area contributed by atoms with Crippen LogP contribution in [0.1, 0.15) is 42.1 Å². The molecule has 44 heavy (non-hydrogen) atoms. The molecule has 8 nitrogen and oxygen atoms in total. The summed E-state index contributed by atoms with van der Waals surface area (Å²) in [6.07, 6.45) is 3.88. The first-order valence-corrected chi connectivity index (χ1v) is 15.5. The van der Waals surface area contributed by atoms with Gasteiger partial charge in [0.05, 0.1) is 51.7 Å². The minimum absolute atomic E-state index is 0.196. The largest absolute Gasteiger partial charge is 0.496 e. The zero-order valence-electron chi connectivity index (χ0n) is 24.2. The van der Waals surface area contributed by atoms with Crippen molar-refractivity contribution in [3.63, 3.8) is 0 Å². The van der Waals surface area contributed by atoms with Crippen LogP contribution in [0.2, 0.25) is 0 Å². The SMILES string of the molecule is CCOC(=O)C1=C(C)N=c2s/c(=C/c3cn(Cc4ccccc4C#N)c4ccccc34)c(=O)n2[C@@H]1c1ccc(OC)c(Br)c1. The molecule has 0 saturated carbocycles. The number of carbonyl (C=O) groups excluding carboxylic acids is 1. The molecule has 0 aliphatic carbocycles. The highest BCUT2D eigenvalue weighted by molar-refractivity contribution is 9.10. The number of nitrogens with zero attached hydrogens (tertiary/aromatic N) is 4. The summed E-state index contributed by atoms with van der Waals surface area (Å²) in [6.45, 7) is 4.22. The van der Waals surface area contributed by atoms with Gasteiger partial charge in [0, 0.05) is 29.2 Å². The van der Waals surface area contributed by atoms with E-state index >= 15 is 0 Å². The molecule has 0 fully saturated rings. The first-order valence-electron chi connectivity index (χ1n) is 13.9. The van der Waals surface area contributed by atoms with Crippen molar-refractivity contribution in [3.05, 3.63) is 131 Å². The van der Waals surface area contributed by atoms with Gasteiger partial charge in [0.2, 0.25) is 0 Å². The number of esters is 1. The van der Waals surface area contributed by atoms with Crippen molar-refractivity contribution in [3.8, 4) is 11.8 Å². The number of para-hydroxylation sites is 1. The molecule has 0 radical (unpaired) electrons. The van der Waals surface area contributed by atoms with E-state index in [4.69, 9.17) is 14.5 Å². The van der Waals surface area contributed by atoms with Crippen LogP contribution in [0.25, 0.3) is 17.0 Å². The minimum Gasteiger partial charge on any atom is -0.496 e. The molecule has 6 rings (SSSR count). The van der Waals surface area contributed by atoms with Crippen LogP contribution in [-0.4, -0.2) is 28.8 Å². The van der Waals surface area contributed by atoms with E-state index in [-0.39, 0.29) is 12.2 Å². The average Bonchev–Trinajstić information content (AvgIpc) is 3.52. The van der Waals surface area contributed by atoms with E-state index in [1.165, 1.54) is 11.3 Å². The predicted molar refractivity (Wildman–Crippen MR) is 173 cm³/mol. The molecule has 5 aromatic rings. The number of nitriles is 1. The van der Waals surface area contributed by atoms with E-state index < -0.39 is 12.0 Å². The standard InChI is InChI=1S/C34H27BrN4O4S/c1-4-43-33(41)30-20(2)37-34-39(31(30)21-13-14-28(42-3)26(35)15-21)32(40)29(44-34)16-24-19-38(27-12-8-7-11-25(24)27)18-23-10-6-5-9-22(23)17-36/h5-16,19,31H,4,18H2,1-3H3/b29-16+/t31-/m1/s1. The molecule has 1 atom stereocenters. The predicted octanol–water partition coefficient (Wildman–Crippen LogP) is 5.44. The molecule has 2 aromatic heterocycles. The number of aromatic nitrogens is 2. The van der Waals surface area contributed by atoms with Gasteiger partial charge < -0.3 is 14.0 Å². The Kier molecular flexibility index (Phi) is 8.08. The molecule has 1 aliphatic rings. The lowest BCUT2D eigenvalue weighted by atomic mass is 9.96. The highest BCUT2D eigenvalue weighted by atomic mass is 79.9. The Morgan fingerprint density at radius 2 is 1.93 bits per heavy atom. The van der Waals surface area contributed by atoms with Crippen molar-refractivity contribution >= 4 is 50.2 Å². The maximum Gasteiger partial charge on any atom is 0.338 e. The topological polar surface area (TPSA) is 98.6 Å². The summed E-state index contributed by atoms with van der Waals surface area (Å²) < 4.78 is 15.7. The number of benzene rings is 3. The van der Waals surface area contributed by atoms with E-state index in [1.807, 2.05) is 72.9 Å². The fourth-order valence-corrected chi connectivity index (χ4v) is 7.17. The second-order valence-corrected chi connectivity index (χ2v) is 12.1. The van der Waals surface area contributed by atoms with Crippen LogP contribution >= 0.6 is 27.3 Å². The Balaban J connectivity index is 1.52. The van der Waals surface area contributed by atoms with Crippen LogP contribution in [-0.2, 0) is 16.1 Å². The normalized spacial score (nSPS) is 14.7.